The normalized spacial score (nSPS) is 15.3. The third-order valence-electron chi connectivity index (χ3n) is 6.39. The first kappa shape index (κ1) is 20.2. The molecular weight excluding hydrogens is 432 g/mol. The van der Waals surface area contributed by atoms with E-state index in [1.54, 1.807) is 35.6 Å². The van der Waals surface area contributed by atoms with Gasteiger partial charge in [0.05, 0.1) is 16.6 Å². The molecule has 6 rings (SSSR count). The number of benzene rings is 2. The fourth-order valence-electron chi connectivity index (χ4n) is 4.45. The van der Waals surface area contributed by atoms with E-state index in [0.29, 0.717) is 5.56 Å². The number of carbonyl (C=O) groups is 2. The van der Waals surface area contributed by atoms with Crippen molar-refractivity contribution < 1.29 is 9.59 Å². The average molecular weight is 457 g/mol. The smallest absolute Gasteiger partial charge is 0.256 e. The number of aromatic nitrogens is 2. The maximum Gasteiger partial charge on any atom is 0.256 e. The highest BCUT2D eigenvalue weighted by molar-refractivity contribution is 7.17. The summed E-state index contributed by atoms with van der Waals surface area (Å²) in [5.74, 6) is 0.858. The summed E-state index contributed by atoms with van der Waals surface area (Å²) in [7, 11) is 0. The third kappa shape index (κ3) is 3.93. The minimum atomic E-state index is -0.161. The van der Waals surface area contributed by atoms with E-state index in [2.05, 4.69) is 15.6 Å². The van der Waals surface area contributed by atoms with Crippen molar-refractivity contribution in [2.24, 2.45) is 5.92 Å². The Morgan fingerprint density at radius 2 is 1.76 bits per heavy atom. The lowest BCUT2D eigenvalue weighted by Gasteiger charge is -2.12. The van der Waals surface area contributed by atoms with Crippen LogP contribution < -0.4 is 10.6 Å². The van der Waals surface area contributed by atoms with Crippen molar-refractivity contribution >= 4 is 44.9 Å². The number of amides is 2. The predicted molar refractivity (Wildman–Crippen MR) is 132 cm³/mol. The van der Waals surface area contributed by atoms with Crippen LogP contribution in [0.25, 0.3) is 22.4 Å². The number of nitrogens with zero attached hydrogens (tertiary/aromatic N) is 1. The molecular formula is C26H24N4O2S. The second-order valence-electron chi connectivity index (χ2n) is 8.81. The van der Waals surface area contributed by atoms with Crippen LogP contribution in [0.2, 0.25) is 0 Å². The van der Waals surface area contributed by atoms with E-state index in [-0.39, 0.29) is 17.7 Å². The quantitative estimate of drug-likeness (QED) is 0.356. The lowest BCUT2D eigenvalue weighted by molar-refractivity contribution is -0.117. The minimum Gasteiger partial charge on any atom is -0.338 e. The number of aromatic amines is 1. The molecule has 2 aliphatic rings. The molecule has 0 unspecified atom stereocenters. The highest BCUT2D eigenvalue weighted by Gasteiger charge is 2.29. The number of para-hydroxylation sites is 2. The fraction of sp³-hybridized carbons (Fsp3) is 0.269. The monoisotopic (exact) mass is 456 g/mol. The summed E-state index contributed by atoms with van der Waals surface area (Å²) in [6.45, 7) is 0. The van der Waals surface area contributed by atoms with E-state index >= 15 is 0 Å². The Balaban J connectivity index is 1.29. The van der Waals surface area contributed by atoms with Crippen LogP contribution in [0.3, 0.4) is 0 Å². The number of hydrogen-bond acceptors (Lipinski definition) is 4. The first-order valence-electron chi connectivity index (χ1n) is 11.5. The van der Waals surface area contributed by atoms with Crippen LogP contribution in [0.5, 0.6) is 0 Å². The Morgan fingerprint density at radius 3 is 2.55 bits per heavy atom. The molecule has 2 heterocycles. The van der Waals surface area contributed by atoms with Crippen molar-refractivity contribution in [2.75, 3.05) is 10.6 Å². The molecule has 1 saturated carbocycles. The molecule has 0 radical (unpaired) electrons. The van der Waals surface area contributed by atoms with Gasteiger partial charge < -0.3 is 15.6 Å². The van der Waals surface area contributed by atoms with Gasteiger partial charge in [0.15, 0.2) is 0 Å². The van der Waals surface area contributed by atoms with Gasteiger partial charge >= 0.3 is 0 Å². The minimum absolute atomic E-state index is 0.0619. The van der Waals surface area contributed by atoms with Gasteiger partial charge in [-0.05, 0) is 80.5 Å². The first-order valence-corrected chi connectivity index (χ1v) is 12.3. The standard InChI is InChI=1S/C26H24N4O2S/c31-24(15-9-10-15)27-17-13-11-16(12-14-17)25(32)30-26-22(18-5-1-4-8-21(18)33-26)23-28-19-6-2-3-7-20(19)29-23/h2-3,6-7,11-15H,1,4-5,8-10H2,(H,27,31)(H,28,29)(H,30,32). The molecule has 2 aromatic carbocycles. The van der Waals surface area contributed by atoms with E-state index in [4.69, 9.17) is 4.98 Å². The van der Waals surface area contributed by atoms with E-state index in [0.717, 1.165) is 65.2 Å². The summed E-state index contributed by atoms with van der Waals surface area (Å²) in [6, 6.07) is 15.1. The Labute approximate surface area is 195 Å². The summed E-state index contributed by atoms with van der Waals surface area (Å²) < 4.78 is 0. The van der Waals surface area contributed by atoms with Gasteiger partial charge in [-0.25, -0.2) is 4.98 Å². The molecule has 2 amide bonds. The number of nitrogens with one attached hydrogen (secondary N) is 3. The van der Waals surface area contributed by atoms with E-state index in [1.807, 2.05) is 24.3 Å². The van der Waals surface area contributed by atoms with Crippen LogP contribution in [-0.4, -0.2) is 21.8 Å². The van der Waals surface area contributed by atoms with Crippen molar-refractivity contribution in [3.8, 4) is 11.4 Å². The van der Waals surface area contributed by atoms with Gasteiger partial charge in [-0.15, -0.1) is 11.3 Å². The topological polar surface area (TPSA) is 86.9 Å². The number of hydrogen-bond donors (Lipinski definition) is 3. The SMILES string of the molecule is O=C(Nc1sc2c(c1-c1nc3ccccc3[nH]1)CCCC2)c1ccc(NC(=O)C2CC2)cc1. The van der Waals surface area contributed by atoms with Gasteiger partial charge in [-0.3, -0.25) is 9.59 Å². The van der Waals surface area contributed by atoms with Crippen molar-refractivity contribution in [2.45, 2.75) is 38.5 Å². The molecule has 7 heteroatoms. The fourth-order valence-corrected chi connectivity index (χ4v) is 5.73. The van der Waals surface area contributed by atoms with Gasteiger partial charge in [-0.2, -0.15) is 0 Å². The number of carbonyl (C=O) groups excluding carboxylic acids is 2. The van der Waals surface area contributed by atoms with Gasteiger partial charge in [0.25, 0.3) is 5.91 Å². The molecule has 4 aromatic rings. The lowest BCUT2D eigenvalue weighted by Crippen LogP contribution is -2.14. The number of anilines is 2. The zero-order valence-corrected chi connectivity index (χ0v) is 18.9. The van der Waals surface area contributed by atoms with E-state index in [1.165, 1.54) is 16.9 Å². The number of thiophene rings is 1. The molecule has 0 spiro atoms. The van der Waals surface area contributed by atoms with Crippen LogP contribution in [-0.2, 0) is 17.6 Å². The average Bonchev–Trinajstić information content (AvgIpc) is 3.50. The second kappa shape index (κ2) is 8.15. The van der Waals surface area contributed by atoms with Gasteiger partial charge in [-0.1, -0.05) is 12.1 Å². The first-order chi connectivity index (χ1) is 16.2. The summed E-state index contributed by atoms with van der Waals surface area (Å²) in [5, 5.41) is 6.91. The largest absolute Gasteiger partial charge is 0.338 e. The molecule has 3 N–H and O–H groups in total. The number of rotatable bonds is 5. The maximum absolute atomic E-state index is 13.1. The molecule has 6 nitrogen and oxygen atoms in total. The van der Waals surface area contributed by atoms with Gasteiger partial charge in [0.2, 0.25) is 5.91 Å². The van der Waals surface area contributed by atoms with Crippen LogP contribution in [0.15, 0.2) is 48.5 Å². The Morgan fingerprint density at radius 1 is 0.970 bits per heavy atom. The molecule has 0 bridgehead atoms. The number of fused-ring (bicyclic) bond motifs is 2. The van der Waals surface area contributed by atoms with Crippen molar-refractivity contribution in [3.63, 3.8) is 0 Å². The summed E-state index contributed by atoms with van der Waals surface area (Å²) in [5.41, 5.74) is 5.51. The van der Waals surface area contributed by atoms with E-state index < -0.39 is 0 Å². The molecule has 33 heavy (non-hydrogen) atoms. The molecule has 166 valence electrons. The number of H-pyrrole nitrogens is 1. The Hall–Kier alpha value is -3.45. The summed E-state index contributed by atoms with van der Waals surface area (Å²) >= 11 is 1.66. The van der Waals surface area contributed by atoms with Crippen molar-refractivity contribution in [1.29, 1.82) is 0 Å². The second-order valence-corrected chi connectivity index (χ2v) is 9.92. The summed E-state index contributed by atoms with van der Waals surface area (Å²) in [4.78, 5) is 34.7. The molecule has 0 aliphatic heterocycles. The lowest BCUT2D eigenvalue weighted by atomic mass is 9.95. The van der Waals surface area contributed by atoms with Gasteiger partial charge in [0.1, 0.15) is 10.8 Å². The van der Waals surface area contributed by atoms with Crippen molar-refractivity contribution in [1.82, 2.24) is 9.97 Å². The zero-order chi connectivity index (χ0) is 22.4. The van der Waals surface area contributed by atoms with E-state index in [9.17, 15) is 9.59 Å². The highest BCUT2D eigenvalue weighted by atomic mass is 32.1. The predicted octanol–water partition coefficient (Wildman–Crippen LogP) is 5.77. The highest BCUT2D eigenvalue weighted by Crippen LogP contribution is 2.44. The molecule has 1 fully saturated rings. The van der Waals surface area contributed by atoms with Crippen LogP contribution >= 0.6 is 11.3 Å². The molecule has 0 atom stereocenters. The molecule has 2 aromatic heterocycles. The van der Waals surface area contributed by atoms with Crippen LogP contribution in [0.1, 0.15) is 46.5 Å². The number of aryl methyl sites for hydroxylation is 1. The molecule has 0 saturated heterocycles. The van der Waals surface area contributed by atoms with Crippen LogP contribution in [0.4, 0.5) is 10.7 Å². The zero-order valence-electron chi connectivity index (χ0n) is 18.1. The van der Waals surface area contributed by atoms with Crippen LogP contribution in [0, 0.1) is 5.92 Å². The Bertz CT molecular complexity index is 1330. The third-order valence-corrected chi connectivity index (χ3v) is 7.59. The number of imidazole rings is 1. The Kier molecular flexibility index (Phi) is 4.99. The molecule has 2 aliphatic carbocycles. The van der Waals surface area contributed by atoms with Crippen molar-refractivity contribution in [3.05, 3.63) is 64.5 Å². The van der Waals surface area contributed by atoms with Gasteiger partial charge in [0, 0.05) is 22.0 Å². The maximum atomic E-state index is 13.1. The summed E-state index contributed by atoms with van der Waals surface area (Å²) in [6.07, 6.45) is 6.30.